The molecule has 2 amide bonds. The summed E-state index contributed by atoms with van der Waals surface area (Å²) in [6.07, 6.45) is 1.19. The fraction of sp³-hybridized carbons (Fsp3) is 0.769. The highest BCUT2D eigenvalue weighted by atomic mass is 16.5. The van der Waals surface area contributed by atoms with Crippen LogP contribution >= 0.6 is 0 Å². The Morgan fingerprint density at radius 3 is 2.70 bits per heavy atom. The van der Waals surface area contributed by atoms with Gasteiger partial charge in [-0.15, -0.1) is 0 Å². The van der Waals surface area contributed by atoms with Crippen molar-refractivity contribution in [2.45, 2.75) is 39.5 Å². The molecule has 0 aliphatic rings. The molecule has 1 atom stereocenters. The number of nitrogens with one attached hydrogen (secondary N) is 2. The Balaban J connectivity index is 2.18. The van der Waals surface area contributed by atoms with Crippen molar-refractivity contribution >= 4 is 6.03 Å². The monoisotopic (exact) mass is 284 g/mol. The first kappa shape index (κ1) is 16.4. The number of carbonyl (C=O) groups excluding carboxylic acids is 1. The van der Waals surface area contributed by atoms with Crippen LogP contribution in [0.2, 0.25) is 0 Å². The average Bonchev–Trinajstić information content (AvgIpc) is 2.86. The molecule has 3 N–H and O–H groups in total. The van der Waals surface area contributed by atoms with Crippen LogP contribution in [0.5, 0.6) is 0 Å². The van der Waals surface area contributed by atoms with Crippen molar-refractivity contribution in [2.75, 3.05) is 19.7 Å². The van der Waals surface area contributed by atoms with Crippen molar-refractivity contribution in [3.8, 4) is 0 Å². The van der Waals surface area contributed by atoms with Gasteiger partial charge in [-0.3, -0.25) is 0 Å². The lowest BCUT2D eigenvalue weighted by Gasteiger charge is -2.11. The third-order valence-corrected chi connectivity index (χ3v) is 2.86. The number of aliphatic hydroxyl groups excluding tert-OH is 1. The maximum absolute atomic E-state index is 11.5. The lowest BCUT2D eigenvalue weighted by atomic mass is 10.1. The Bertz CT molecular complexity index is 406. The van der Waals surface area contributed by atoms with Crippen LogP contribution in [0.15, 0.2) is 4.52 Å². The highest BCUT2D eigenvalue weighted by Crippen LogP contribution is 2.09. The zero-order valence-corrected chi connectivity index (χ0v) is 12.3. The summed E-state index contributed by atoms with van der Waals surface area (Å²) in [5.41, 5.74) is 0. The second kappa shape index (κ2) is 8.52. The zero-order valence-electron chi connectivity index (χ0n) is 12.3. The molecule has 1 heterocycles. The molecule has 1 aromatic heterocycles. The zero-order chi connectivity index (χ0) is 15.0. The molecule has 20 heavy (non-hydrogen) atoms. The minimum Gasteiger partial charge on any atom is -0.396 e. The van der Waals surface area contributed by atoms with Crippen LogP contribution < -0.4 is 10.6 Å². The molecular weight excluding hydrogens is 260 g/mol. The number of aromatic nitrogens is 2. The number of hydrogen-bond acceptors (Lipinski definition) is 5. The molecule has 7 nitrogen and oxygen atoms in total. The van der Waals surface area contributed by atoms with Crippen molar-refractivity contribution in [3.63, 3.8) is 0 Å². The maximum atomic E-state index is 11.5. The third-order valence-electron chi connectivity index (χ3n) is 2.86. The van der Waals surface area contributed by atoms with E-state index in [1.54, 1.807) is 0 Å². The van der Waals surface area contributed by atoms with E-state index in [4.69, 9.17) is 9.63 Å². The molecule has 0 bridgehead atoms. The van der Waals surface area contributed by atoms with E-state index in [0.717, 1.165) is 0 Å². The second-order valence-electron chi connectivity index (χ2n) is 5.21. The SMILES string of the molecule is CC(CCO)CNC(=O)NCCc1nc(C(C)C)no1. The summed E-state index contributed by atoms with van der Waals surface area (Å²) in [5.74, 6) is 1.71. The van der Waals surface area contributed by atoms with Gasteiger partial charge < -0.3 is 20.3 Å². The van der Waals surface area contributed by atoms with E-state index >= 15 is 0 Å². The maximum Gasteiger partial charge on any atom is 0.314 e. The molecule has 0 spiro atoms. The van der Waals surface area contributed by atoms with Gasteiger partial charge in [-0.2, -0.15) is 4.98 Å². The van der Waals surface area contributed by atoms with Crippen LogP contribution in [0.4, 0.5) is 4.79 Å². The van der Waals surface area contributed by atoms with E-state index in [0.29, 0.717) is 37.6 Å². The quantitative estimate of drug-likeness (QED) is 0.662. The molecule has 0 aliphatic carbocycles. The highest BCUT2D eigenvalue weighted by Gasteiger charge is 2.10. The lowest BCUT2D eigenvalue weighted by molar-refractivity contribution is 0.233. The van der Waals surface area contributed by atoms with Gasteiger partial charge >= 0.3 is 6.03 Å². The van der Waals surface area contributed by atoms with Gasteiger partial charge in [0.15, 0.2) is 5.82 Å². The number of carbonyl (C=O) groups is 1. The van der Waals surface area contributed by atoms with E-state index in [-0.39, 0.29) is 24.5 Å². The Morgan fingerprint density at radius 2 is 2.10 bits per heavy atom. The molecule has 7 heteroatoms. The van der Waals surface area contributed by atoms with Crippen molar-refractivity contribution in [1.82, 2.24) is 20.8 Å². The number of rotatable bonds is 8. The summed E-state index contributed by atoms with van der Waals surface area (Å²) in [6.45, 7) is 7.09. The molecule has 0 aliphatic heterocycles. The minimum absolute atomic E-state index is 0.139. The topological polar surface area (TPSA) is 100 Å². The van der Waals surface area contributed by atoms with Crippen LogP contribution in [0, 0.1) is 5.92 Å². The Hall–Kier alpha value is -1.63. The van der Waals surface area contributed by atoms with Gasteiger partial charge in [0, 0.05) is 32.0 Å². The molecular formula is C13H24N4O3. The van der Waals surface area contributed by atoms with Crippen molar-refractivity contribution in [2.24, 2.45) is 5.92 Å². The molecule has 0 saturated heterocycles. The number of amides is 2. The number of urea groups is 1. The van der Waals surface area contributed by atoms with Crippen LogP contribution in [0.1, 0.15) is 44.8 Å². The number of aliphatic hydroxyl groups is 1. The van der Waals surface area contributed by atoms with E-state index in [1.165, 1.54) is 0 Å². The van der Waals surface area contributed by atoms with E-state index in [1.807, 2.05) is 20.8 Å². The minimum atomic E-state index is -0.224. The third kappa shape index (κ3) is 6.01. The van der Waals surface area contributed by atoms with Gasteiger partial charge in [0.25, 0.3) is 0 Å². The standard InChI is InChI=1S/C13H24N4O3/c1-9(2)12-16-11(20-17-12)4-6-14-13(19)15-8-10(3)5-7-18/h9-10,18H,4-8H2,1-3H3,(H2,14,15,19). The molecule has 0 radical (unpaired) electrons. The lowest BCUT2D eigenvalue weighted by Crippen LogP contribution is -2.38. The first-order chi connectivity index (χ1) is 9.52. The van der Waals surface area contributed by atoms with Crippen molar-refractivity contribution < 1.29 is 14.4 Å². The van der Waals surface area contributed by atoms with Crippen LogP contribution in [0.3, 0.4) is 0 Å². The summed E-state index contributed by atoms with van der Waals surface area (Å²) in [4.78, 5) is 15.7. The normalized spacial score (nSPS) is 12.4. The summed E-state index contributed by atoms with van der Waals surface area (Å²) < 4.78 is 5.08. The van der Waals surface area contributed by atoms with Crippen LogP contribution in [-0.2, 0) is 6.42 Å². The fourth-order valence-corrected chi connectivity index (χ4v) is 1.54. The predicted molar refractivity (Wildman–Crippen MR) is 74.4 cm³/mol. The van der Waals surface area contributed by atoms with Gasteiger partial charge in [-0.1, -0.05) is 25.9 Å². The summed E-state index contributed by atoms with van der Waals surface area (Å²) in [7, 11) is 0. The molecule has 1 aromatic rings. The second-order valence-corrected chi connectivity index (χ2v) is 5.21. The Kier molecular flexibility index (Phi) is 7.00. The van der Waals surface area contributed by atoms with Gasteiger partial charge in [-0.05, 0) is 12.3 Å². The molecule has 0 saturated carbocycles. The van der Waals surface area contributed by atoms with E-state index < -0.39 is 0 Å². The van der Waals surface area contributed by atoms with Crippen LogP contribution in [0.25, 0.3) is 0 Å². The summed E-state index contributed by atoms with van der Waals surface area (Å²) >= 11 is 0. The Labute approximate surface area is 119 Å². The van der Waals surface area contributed by atoms with Crippen LogP contribution in [-0.4, -0.2) is 41.0 Å². The highest BCUT2D eigenvalue weighted by molar-refractivity contribution is 5.73. The largest absolute Gasteiger partial charge is 0.396 e. The van der Waals surface area contributed by atoms with Crippen molar-refractivity contribution in [1.29, 1.82) is 0 Å². The van der Waals surface area contributed by atoms with E-state index in [2.05, 4.69) is 20.8 Å². The molecule has 114 valence electrons. The molecule has 1 unspecified atom stereocenters. The number of nitrogens with zero attached hydrogens (tertiary/aromatic N) is 2. The molecule has 0 fully saturated rings. The number of hydrogen-bond donors (Lipinski definition) is 3. The predicted octanol–water partition coefficient (Wildman–Crippen LogP) is 1.05. The first-order valence-electron chi connectivity index (χ1n) is 6.98. The Morgan fingerprint density at radius 1 is 1.35 bits per heavy atom. The van der Waals surface area contributed by atoms with Gasteiger partial charge in [-0.25, -0.2) is 4.79 Å². The van der Waals surface area contributed by atoms with Gasteiger partial charge in [0.2, 0.25) is 5.89 Å². The molecule has 1 rings (SSSR count). The summed E-state index contributed by atoms with van der Waals surface area (Å²) in [5, 5.41) is 18.1. The summed E-state index contributed by atoms with van der Waals surface area (Å²) in [6, 6.07) is -0.224. The fourth-order valence-electron chi connectivity index (χ4n) is 1.54. The first-order valence-corrected chi connectivity index (χ1v) is 6.98. The van der Waals surface area contributed by atoms with Crippen molar-refractivity contribution in [3.05, 3.63) is 11.7 Å². The average molecular weight is 284 g/mol. The van der Waals surface area contributed by atoms with E-state index in [9.17, 15) is 4.79 Å². The van der Waals surface area contributed by atoms with Gasteiger partial charge in [0.1, 0.15) is 0 Å². The smallest absolute Gasteiger partial charge is 0.314 e. The molecule has 0 aromatic carbocycles. The van der Waals surface area contributed by atoms with Gasteiger partial charge in [0.05, 0.1) is 0 Å².